The Kier molecular flexibility index (Phi) is 2.25. The zero-order valence-corrected chi connectivity index (χ0v) is 5.84. The molecule has 7 heteroatoms. The molecule has 1 aliphatic rings. The van der Waals surface area contributed by atoms with E-state index in [9.17, 15) is 13.2 Å². The predicted molar refractivity (Wildman–Crippen MR) is 33.3 cm³/mol. The summed E-state index contributed by atoms with van der Waals surface area (Å²) in [5, 5.41) is 19.2. The van der Waals surface area contributed by atoms with Crippen LogP contribution in [-0.4, -0.2) is 34.7 Å². The van der Waals surface area contributed by atoms with Gasteiger partial charge in [0.15, 0.2) is 6.23 Å². The Bertz CT molecular complexity index is 203. The van der Waals surface area contributed by atoms with Gasteiger partial charge in [0.2, 0.25) is 5.84 Å². The summed E-state index contributed by atoms with van der Waals surface area (Å²) in [5.41, 5.74) is 0. The normalized spacial score (nSPS) is 30.9. The van der Waals surface area contributed by atoms with Gasteiger partial charge in [-0.25, -0.2) is 4.99 Å². The molecule has 3 N–H and O–H groups in total. The van der Waals surface area contributed by atoms with E-state index in [4.69, 9.17) is 10.2 Å². The van der Waals surface area contributed by atoms with E-state index in [0.29, 0.717) is 0 Å². The van der Waals surface area contributed by atoms with Crippen LogP contribution in [0.3, 0.4) is 0 Å². The maximum Gasteiger partial charge on any atom is 0.448 e. The van der Waals surface area contributed by atoms with Crippen molar-refractivity contribution in [3.05, 3.63) is 0 Å². The van der Waals surface area contributed by atoms with Crippen molar-refractivity contribution in [1.29, 1.82) is 0 Å². The number of alkyl halides is 3. The lowest BCUT2D eigenvalue weighted by Gasteiger charge is -2.24. The first-order valence-electron chi connectivity index (χ1n) is 3.17. The van der Waals surface area contributed by atoms with Crippen molar-refractivity contribution in [3.8, 4) is 0 Å². The van der Waals surface area contributed by atoms with Gasteiger partial charge in [0, 0.05) is 6.42 Å². The Balaban J connectivity index is 2.77. The van der Waals surface area contributed by atoms with Crippen LogP contribution in [0.2, 0.25) is 0 Å². The highest BCUT2D eigenvalue weighted by atomic mass is 19.4. The molecule has 0 saturated carbocycles. The van der Waals surface area contributed by atoms with Crippen molar-refractivity contribution in [3.63, 3.8) is 0 Å². The van der Waals surface area contributed by atoms with E-state index >= 15 is 0 Å². The Morgan fingerprint density at radius 3 is 2.42 bits per heavy atom. The second kappa shape index (κ2) is 2.91. The summed E-state index contributed by atoms with van der Waals surface area (Å²) in [5.74, 6) is -1.34. The quantitative estimate of drug-likeness (QED) is 0.479. The van der Waals surface area contributed by atoms with Crippen LogP contribution in [0.4, 0.5) is 13.2 Å². The third-order valence-electron chi connectivity index (χ3n) is 1.28. The fourth-order valence-corrected chi connectivity index (χ4v) is 0.810. The lowest BCUT2D eigenvalue weighted by atomic mass is 10.3. The molecule has 0 amide bonds. The summed E-state index contributed by atoms with van der Waals surface area (Å²) in [7, 11) is 0. The fourth-order valence-electron chi connectivity index (χ4n) is 0.810. The molecule has 1 rings (SSSR count). The van der Waals surface area contributed by atoms with Gasteiger partial charge in [-0.15, -0.1) is 0 Å². The lowest BCUT2D eigenvalue weighted by molar-refractivity contribution is -0.0701. The maximum atomic E-state index is 11.9. The smallest absolute Gasteiger partial charge is 0.374 e. The molecule has 2 unspecified atom stereocenters. The first-order chi connectivity index (χ1) is 5.39. The standard InChI is InChI=1S/C5H7F3N2O2/c6-5(7,8)4-9-2(11)1-3(12)10-4/h2-3,11-12H,1H2,(H,9,10). The summed E-state index contributed by atoms with van der Waals surface area (Å²) in [6.45, 7) is 0. The average Bonchev–Trinajstić information content (AvgIpc) is 1.82. The van der Waals surface area contributed by atoms with Crippen LogP contribution >= 0.6 is 0 Å². The number of nitrogens with zero attached hydrogens (tertiary/aromatic N) is 1. The molecule has 12 heavy (non-hydrogen) atoms. The molecule has 0 saturated heterocycles. The number of aliphatic hydroxyl groups excluding tert-OH is 2. The number of aliphatic imine (C=N–C) groups is 1. The van der Waals surface area contributed by atoms with E-state index in [-0.39, 0.29) is 6.42 Å². The van der Waals surface area contributed by atoms with Crippen LogP contribution in [0, 0.1) is 0 Å². The molecule has 0 aromatic heterocycles. The monoisotopic (exact) mass is 184 g/mol. The second-order valence-corrected chi connectivity index (χ2v) is 2.35. The van der Waals surface area contributed by atoms with Crippen LogP contribution < -0.4 is 5.32 Å². The van der Waals surface area contributed by atoms with Crippen LogP contribution in [0.15, 0.2) is 4.99 Å². The zero-order valence-electron chi connectivity index (χ0n) is 5.84. The zero-order chi connectivity index (χ0) is 9.35. The molecule has 0 aromatic rings. The number of hydrogen-bond donors (Lipinski definition) is 3. The largest absolute Gasteiger partial charge is 0.448 e. The summed E-state index contributed by atoms with van der Waals surface area (Å²) in [4.78, 5) is 2.88. The summed E-state index contributed by atoms with van der Waals surface area (Å²) in [6.07, 6.45) is -7.77. The minimum atomic E-state index is -4.65. The van der Waals surface area contributed by atoms with Crippen molar-refractivity contribution >= 4 is 5.84 Å². The maximum absolute atomic E-state index is 11.9. The molecular formula is C5H7F3N2O2. The van der Waals surface area contributed by atoms with Crippen molar-refractivity contribution < 1.29 is 23.4 Å². The molecule has 0 aliphatic carbocycles. The Labute approximate surface area is 65.7 Å². The average molecular weight is 184 g/mol. The van der Waals surface area contributed by atoms with Crippen LogP contribution in [0.5, 0.6) is 0 Å². The first-order valence-corrected chi connectivity index (χ1v) is 3.17. The fraction of sp³-hybridized carbons (Fsp3) is 0.800. The van der Waals surface area contributed by atoms with E-state index in [0.717, 1.165) is 0 Å². The van der Waals surface area contributed by atoms with Crippen LogP contribution in [0.1, 0.15) is 6.42 Å². The third kappa shape index (κ3) is 2.08. The van der Waals surface area contributed by atoms with Gasteiger partial charge >= 0.3 is 6.18 Å². The molecule has 0 bridgehead atoms. The number of nitrogens with one attached hydrogen (secondary N) is 1. The number of aliphatic hydroxyl groups is 2. The number of amidine groups is 1. The van der Waals surface area contributed by atoms with Crippen molar-refractivity contribution in [2.45, 2.75) is 25.1 Å². The van der Waals surface area contributed by atoms with Gasteiger partial charge in [0.1, 0.15) is 6.23 Å². The molecule has 1 aliphatic heterocycles. The van der Waals surface area contributed by atoms with Gasteiger partial charge in [0.25, 0.3) is 0 Å². The van der Waals surface area contributed by atoms with Crippen molar-refractivity contribution in [1.82, 2.24) is 5.32 Å². The van der Waals surface area contributed by atoms with E-state index in [1.807, 2.05) is 0 Å². The van der Waals surface area contributed by atoms with Crippen molar-refractivity contribution in [2.75, 3.05) is 0 Å². The van der Waals surface area contributed by atoms with E-state index in [2.05, 4.69) is 4.99 Å². The third-order valence-corrected chi connectivity index (χ3v) is 1.28. The topological polar surface area (TPSA) is 64.8 Å². The Morgan fingerprint density at radius 2 is 2.00 bits per heavy atom. The van der Waals surface area contributed by atoms with Gasteiger partial charge in [0.05, 0.1) is 0 Å². The van der Waals surface area contributed by atoms with Gasteiger partial charge in [-0.1, -0.05) is 0 Å². The van der Waals surface area contributed by atoms with E-state index in [1.54, 1.807) is 5.32 Å². The number of rotatable bonds is 0. The van der Waals surface area contributed by atoms with E-state index < -0.39 is 24.5 Å². The predicted octanol–water partition coefficient (Wildman–Crippen LogP) is -0.423. The summed E-state index contributed by atoms with van der Waals surface area (Å²) in [6, 6.07) is 0. The Morgan fingerprint density at radius 1 is 1.42 bits per heavy atom. The highest BCUT2D eigenvalue weighted by Crippen LogP contribution is 2.19. The highest BCUT2D eigenvalue weighted by Gasteiger charge is 2.39. The summed E-state index contributed by atoms with van der Waals surface area (Å²) < 4.78 is 35.6. The number of halogens is 3. The molecule has 70 valence electrons. The molecule has 0 spiro atoms. The van der Waals surface area contributed by atoms with E-state index in [1.165, 1.54) is 0 Å². The summed E-state index contributed by atoms with van der Waals surface area (Å²) >= 11 is 0. The first kappa shape index (κ1) is 9.27. The van der Waals surface area contributed by atoms with Crippen molar-refractivity contribution in [2.24, 2.45) is 4.99 Å². The van der Waals surface area contributed by atoms with Gasteiger partial charge < -0.3 is 15.5 Å². The van der Waals surface area contributed by atoms with Crippen LogP contribution in [-0.2, 0) is 0 Å². The minimum Gasteiger partial charge on any atom is -0.374 e. The molecule has 0 fully saturated rings. The molecule has 0 aromatic carbocycles. The molecular weight excluding hydrogens is 177 g/mol. The molecule has 4 nitrogen and oxygen atoms in total. The van der Waals surface area contributed by atoms with Gasteiger partial charge in [-0.3, -0.25) is 0 Å². The van der Waals surface area contributed by atoms with Gasteiger partial charge in [-0.2, -0.15) is 13.2 Å². The SMILES string of the molecule is OC1CC(O)NC(C(F)(F)F)=N1. The lowest BCUT2D eigenvalue weighted by Crippen LogP contribution is -2.48. The highest BCUT2D eigenvalue weighted by molar-refractivity contribution is 5.88. The molecule has 2 atom stereocenters. The van der Waals surface area contributed by atoms with Crippen LogP contribution in [0.25, 0.3) is 0 Å². The Hall–Kier alpha value is -0.820. The molecule has 0 radical (unpaired) electrons. The minimum absolute atomic E-state index is 0.237. The molecule has 1 heterocycles. The number of hydrogen-bond acceptors (Lipinski definition) is 4. The van der Waals surface area contributed by atoms with Gasteiger partial charge in [-0.05, 0) is 0 Å². The second-order valence-electron chi connectivity index (χ2n) is 2.35.